The third-order valence-corrected chi connectivity index (χ3v) is 13.6. The first kappa shape index (κ1) is 35.5. The third kappa shape index (κ3) is 5.56. The number of allylic oxidation sites excluding steroid dienone is 6. The molecule has 61 heavy (non-hydrogen) atoms. The smallest absolute Gasteiger partial charge is 0.132 e. The summed E-state index contributed by atoms with van der Waals surface area (Å²) < 4.78 is 6.64. The predicted octanol–water partition coefficient (Wildman–Crippen LogP) is 14.8. The molecule has 0 fully saturated rings. The summed E-state index contributed by atoms with van der Waals surface area (Å²) in [5, 5.41) is 2.44. The molecule has 0 amide bonds. The molecule has 1 aliphatic heterocycles. The van der Waals surface area contributed by atoms with Gasteiger partial charge in [0.2, 0.25) is 0 Å². The van der Waals surface area contributed by atoms with Gasteiger partial charge in [-0.05, 0) is 80.6 Å². The van der Waals surface area contributed by atoms with Gasteiger partial charge in [0.15, 0.2) is 0 Å². The van der Waals surface area contributed by atoms with Crippen LogP contribution in [-0.2, 0) is 5.41 Å². The first-order valence-corrected chi connectivity index (χ1v) is 21.5. The average Bonchev–Trinajstić information content (AvgIpc) is 3.86. The molecule has 0 bridgehead atoms. The Balaban J connectivity index is 1.09. The van der Waals surface area contributed by atoms with Gasteiger partial charge in [0.1, 0.15) is 11.9 Å². The molecule has 4 atom stereocenters. The van der Waals surface area contributed by atoms with E-state index >= 15 is 0 Å². The van der Waals surface area contributed by atoms with Gasteiger partial charge in [-0.1, -0.05) is 200 Å². The maximum Gasteiger partial charge on any atom is 0.132 e. The molecule has 1 heterocycles. The molecule has 3 aliphatic carbocycles. The summed E-state index contributed by atoms with van der Waals surface area (Å²) in [5.74, 6) is 1.69. The molecule has 4 unspecified atom stereocenters. The number of ether oxygens (including phenoxy) is 1. The summed E-state index contributed by atoms with van der Waals surface area (Å²) in [6, 6.07) is 69.6. The Morgan fingerprint density at radius 3 is 1.89 bits per heavy atom. The second kappa shape index (κ2) is 14.4. The number of rotatable bonds is 7. The summed E-state index contributed by atoms with van der Waals surface area (Å²) in [6.07, 6.45) is 18.0. The standard InChI is InChI=1S/C59H43NO/c1-4-18-42(19-5-1)57-47-24-11-10-17-40(47)33-38-55(57)60(45-34-31-41(32-35-45)48-27-16-28-52-51-26-13-15-30-56(51)61-58(48)52)46-36-37-50-49-25-12-14-29-53(49)59(54(50)39-46,43-20-6-2-7-21-43)44-22-8-3-9-23-44/h1-39,49,51,53,56H. The molecule has 0 spiro atoms. The van der Waals surface area contributed by atoms with Crippen molar-refractivity contribution in [1.82, 2.24) is 0 Å². The summed E-state index contributed by atoms with van der Waals surface area (Å²) in [7, 11) is 0. The summed E-state index contributed by atoms with van der Waals surface area (Å²) in [6.45, 7) is 0. The molecule has 2 nitrogen and oxygen atoms in total. The van der Waals surface area contributed by atoms with Crippen LogP contribution < -0.4 is 9.64 Å². The van der Waals surface area contributed by atoms with Crippen molar-refractivity contribution in [3.8, 4) is 28.0 Å². The van der Waals surface area contributed by atoms with Crippen LogP contribution >= 0.6 is 0 Å². The number of benzene rings is 8. The fourth-order valence-corrected chi connectivity index (χ4v) is 10.9. The molecule has 8 aromatic rings. The van der Waals surface area contributed by atoms with Crippen LogP contribution in [0, 0.1) is 5.92 Å². The van der Waals surface area contributed by atoms with Gasteiger partial charge in [0, 0.05) is 45.8 Å². The molecule has 12 rings (SSSR count). The molecular weight excluding hydrogens is 739 g/mol. The highest BCUT2D eigenvalue weighted by atomic mass is 16.5. The van der Waals surface area contributed by atoms with Crippen LogP contribution in [0.2, 0.25) is 0 Å². The Kier molecular flexibility index (Phi) is 8.38. The molecular formula is C59H43NO. The monoisotopic (exact) mass is 781 g/mol. The van der Waals surface area contributed by atoms with Gasteiger partial charge in [0.25, 0.3) is 0 Å². The van der Waals surface area contributed by atoms with E-state index in [0.29, 0.717) is 0 Å². The van der Waals surface area contributed by atoms with E-state index < -0.39 is 5.41 Å². The van der Waals surface area contributed by atoms with Crippen molar-refractivity contribution < 1.29 is 4.74 Å². The minimum absolute atomic E-state index is 0.0359. The average molecular weight is 782 g/mol. The summed E-state index contributed by atoms with van der Waals surface area (Å²) in [4.78, 5) is 2.49. The zero-order valence-electron chi connectivity index (χ0n) is 33.7. The van der Waals surface area contributed by atoms with Crippen molar-refractivity contribution >= 4 is 27.8 Å². The van der Waals surface area contributed by atoms with Gasteiger partial charge in [-0.2, -0.15) is 0 Å². The first-order chi connectivity index (χ1) is 30.3. The molecule has 0 saturated heterocycles. The SMILES string of the molecule is C1=CC2Oc3c(-c4ccc(N(c5ccc6c(c5)C(c5ccccc5)(c5ccccc5)C5C=CC=CC65)c5ccc6ccccc6c5-c5ccccc5)cc4)cccc3C2C=C1. The van der Waals surface area contributed by atoms with Crippen molar-refractivity contribution in [1.29, 1.82) is 0 Å². The van der Waals surface area contributed by atoms with Crippen LogP contribution in [0.1, 0.15) is 39.7 Å². The maximum absolute atomic E-state index is 6.64. The van der Waals surface area contributed by atoms with Gasteiger partial charge < -0.3 is 9.64 Å². The van der Waals surface area contributed by atoms with Gasteiger partial charge >= 0.3 is 0 Å². The lowest BCUT2D eigenvalue weighted by molar-refractivity contribution is 0.270. The molecule has 8 aromatic carbocycles. The van der Waals surface area contributed by atoms with Gasteiger partial charge in [0.05, 0.1) is 11.1 Å². The minimum atomic E-state index is -0.407. The second-order valence-electron chi connectivity index (χ2n) is 16.7. The Hall–Kier alpha value is -7.42. The molecule has 0 N–H and O–H groups in total. The zero-order chi connectivity index (χ0) is 40.3. The summed E-state index contributed by atoms with van der Waals surface area (Å²) >= 11 is 0. The van der Waals surface area contributed by atoms with Crippen molar-refractivity contribution in [2.24, 2.45) is 5.92 Å². The highest BCUT2D eigenvalue weighted by Crippen LogP contribution is 2.60. The van der Waals surface area contributed by atoms with Crippen LogP contribution in [0.4, 0.5) is 17.1 Å². The van der Waals surface area contributed by atoms with Crippen molar-refractivity contribution in [3.63, 3.8) is 0 Å². The van der Waals surface area contributed by atoms with Crippen LogP contribution in [0.15, 0.2) is 237 Å². The van der Waals surface area contributed by atoms with Gasteiger partial charge in [-0.25, -0.2) is 0 Å². The van der Waals surface area contributed by atoms with E-state index in [1.54, 1.807) is 0 Å². The summed E-state index contributed by atoms with van der Waals surface area (Å²) in [5.41, 5.74) is 14.2. The van der Waals surface area contributed by atoms with Crippen molar-refractivity contribution in [2.75, 3.05) is 4.90 Å². The molecule has 4 aliphatic rings. The molecule has 290 valence electrons. The van der Waals surface area contributed by atoms with Crippen LogP contribution in [0.5, 0.6) is 5.75 Å². The molecule has 2 heteroatoms. The Morgan fingerprint density at radius 1 is 0.459 bits per heavy atom. The number of para-hydroxylation sites is 1. The van der Waals surface area contributed by atoms with E-state index in [9.17, 15) is 0 Å². The van der Waals surface area contributed by atoms with Crippen LogP contribution in [-0.4, -0.2) is 6.10 Å². The number of nitrogens with zero attached hydrogens (tertiary/aromatic N) is 1. The topological polar surface area (TPSA) is 12.5 Å². The lowest BCUT2D eigenvalue weighted by atomic mass is 9.63. The van der Waals surface area contributed by atoms with E-state index in [1.807, 2.05) is 0 Å². The number of hydrogen-bond acceptors (Lipinski definition) is 2. The van der Waals surface area contributed by atoms with E-state index in [2.05, 4.69) is 242 Å². The maximum atomic E-state index is 6.64. The first-order valence-electron chi connectivity index (χ1n) is 21.5. The Morgan fingerprint density at radius 2 is 1.11 bits per heavy atom. The molecule has 0 radical (unpaired) electrons. The molecule has 0 saturated carbocycles. The van der Waals surface area contributed by atoms with Crippen molar-refractivity contribution in [2.45, 2.75) is 23.4 Å². The Labute approximate surface area is 357 Å². The Bertz CT molecular complexity index is 3030. The number of fused-ring (bicyclic) bond motifs is 7. The van der Waals surface area contributed by atoms with E-state index in [-0.39, 0.29) is 23.9 Å². The quantitative estimate of drug-likeness (QED) is 0.160. The van der Waals surface area contributed by atoms with Crippen molar-refractivity contribution in [3.05, 3.63) is 264 Å². The zero-order valence-corrected chi connectivity index (χ0v) is 33.7. The van der Waals surface area contributed by atoms with Crippen LogP contribution in [0.3, 0.4) is 0 Å². The highest BCUT2D eigenvalue weighted by molar-refractivity contribution is 6.05. The minimum Gasteiger partial charge on any atom is -0.484 e. The normalized spacial score (nSPS) is 19.8. The lowest BCUT2D eigenvalue weighted by Crippen LogP contribution is -2.35. The van der Waals surface area contributed by atoms with E-state index in [4.69, 9.17) is 4.74 Å². The fraction of sp³-hybridized carbons (Fsp3) is 0.0847. The van der Waals surface area contributed by atoms with Crippen LogP contribution in [0.25, 0.3) is 33.0 Å². The third-order valence-electron chi connectivity index (χ3n) is 13.6. The largest absolute Gasteiger partial charge is 0.484 e. The number of anilines is 3. The predicted molar refractivity (Wildman–Crippen MR) is 252 cm³/mol. The van der Waals surface area contributed by atoms with Gasteiger partial charge in [-0.15, -0.1) is 0 Å². The fourth-order valence-electron chi connectivity index (χ4n) is 10.9. The van der Waals surface area contributed by atoms with E-state index in [0.717, 1.165) is 33.9 Å². The highest BCUT2D eigenvalue weighted by Gasteiger charge is 2.53. The number of hydrogen-bond donors (Lipinski definition) is 0. The lowest BCUT2D eigenvalue weighted by Gasteiger charge is -2.39. The molecule has 0 aromatic heterocycles. The van der Waals surface area contributed by atoms with Gasteiger partial charge in [-0.3, -0.25) is 0 Å². The second-order valence-corrected chi connectivity index (χ2v) is 16.7. The van der Waals surface area contributed by atoms with E-state index in [1.165, 1.54) is 49.7 Å².